The highest BCUT2D eigenvalue weighted by Gasteiger charge is 2.30. The lowest BCUT2D eigenvalue weighted by molar-refractivity contribution is 0.150. The molecule has 1 aromatic carbocycles. The SMILES string of the molecule is CCCC1c2ccc(C)n2CCN1C(=O)NCc1ccccc1. The minimum Gasteiger partial charge on any atom is -0.345 e. The second-order valence-corrected chi connectivity index (χ2v) is 6.19. The van der Waals surface area contributed by atoms with Gasteiger partial charge in [0.25, 0.3) is 0 Å². The third-order valence-corrected chi connectivity index (χ3v) is 4.62. The molecular formula is C19H25N3O. The predicted octanol–water partition coefficient (Wildman–Crippen LogP) is 3.86. The summed E-state index contributed by atoms with van der Waals surface area (Å²) in [5.74, 6) is 0. The fourth-order valence-corrected chi connectivity index (χ4v) is 3.40. The molecule has 0 bridgehead atoms. The summed E-state index contributed by atoms with van der Waals surface area (Å²) in [6, 6.07) is 14.6. The van der Waals surface area contributed by atoms with Crippen molar-refractivity contribution >= 4 is 6.03 Å². The van der Waals surface area contributed by atoms with E-state index in [2.05, 4.69) is 35.9 Å². The number of aromatic nitrogens is 1. The quantitative estimate of drug-likeness (QED) is 0.914. The Hall–Kier alpha value is -2.23. The van der Waals surface area contributed by atoms with Crippen LogP contribution in [0.5, 0.6) is 0 Å². The molecule has 2 aromatic rings. The molecule has 0 radical (unpaired) electrons. The van der Waals surface area contributed by atoms with Gasteiger partial charge in [-0.2, -0.15) is 0 Å². The van der Waals surface area contributed by atoms with Crippen LogP contribution in [0.2, 0.25) is 0 Å². The molecule has 1 aromatic heterocycles. The van der Waals surface area contributed by atoms with E-state index in [9.17, 15) is 4.79 Å². The van der Waals surface area contributed by atoms with Crippen LogP contribution < -0.4 is 5.32 Å². The largest absolute Gasteiger partial charge is 0.345 e. The Kier molecular flexibility index (Phi) is 4.70. The number of hydrogen-bond donors (Lipinski definition) is 1. The maximum atomic E-state index is 12.7. The van der Waals surface area contributed by atoms with Crippen LogP contribution >= 0.6 is 0 Å². The zero-order valence-electron chi connectivity index (χ0n) is 14.0. The van der Waals surface area contributed by atoms with Crippen molar-refractivity contribution in [3.63, 3.8) is 0 Å². The van der Waals surface area contributed by atoms with E-state index in [4.69, 9.17) is 0 Å². The van der Waals surface area contributed by atoms with Crippen molar-refractivity contribution in [2.24, 2.45) is 0 Å². The molecule has 1 unspecified atom stereocenters. The van der Waals surface area contributed by atoms with Crippen molar-refractivity contribution < 1.29 is 4.79 Å². The highest BCUT2D eigenvalue weighted by Crippen LogP contribution is 2.31. The molecule has 1 atom stereocenters. The van der Waals surface area contributed by atoms with Gasteiger partial charge in [0.1, 0.15) is 0 Å². The van der Waals surface area contributed by atoms with Crippen LogP contribution in [-0.2, 0) is 13.1 Å². The van der Waals surface area contributed by atoms with Gasteiger partial charge in [-0.3, -0.25) is 0 Å². The van der Waals surface area contributed by atoms with Gasteiger partial charge in [-0.15, -0.1) is 0 Å². The lowest BCUT2D eigenvalue weighted by atomic mass is 10.0. The lowest BCUT2D eigenvalue weighted by Gasteiger charge is -2.37. The number of rotatable bonds is 4. The van der Waals surface area contributed by atoms with Gasteiger partial charge in [0.05, 0.1) is 6.04 Å². The Bertz CT molecular complexity index is 663. The molecule has 2 heterocycles. The summed E-state index contributed by atoms with van der Waals surface area (Å²) in [4.78, 5) is 14.7. The Labute approximate surface area is 138 Å². The molecule has 0 saturated heterocycles. The van der Waals surface area contributed by atoms with Crippen molar-refractivity contribution in [3.8, 4) is 0 Å². The number of fused-ring (bicyclic) bond motifs is 1. The predicted molar refractivity (Wildman–Crippen MR) is 92.2 cm³/mol. The summed E-state index contributed by atoms with van der Waals surface area (Å²) in [5.41, 5.74) is 3.68. The van der Waals surface area contributed by atoms with E-state index in [1.165, 1.54) is 11.4 Å². The maximum absolute atomic E-state index is 12.7. The van der Waals surface area contributed by atoms with Crippen LogP contribution in [0, 0.1) is 6.92 Å². The molecule has 0 fully saturated rings. The van der Waals surface area contributed by atoms with Gasteiger partial charge in [0, 0.05) is 31.0 Å². The minimum absolute atomic E-state index is 0.0393. The number of nitrogens with one attached hydrogen (secondary N) is 1. The first-order valence-corrected chi connectivity index (χ1v) is 8.45. The number of aryl methyl sites for hydroxylation is 1. The fraction of sp³-hybridized carbons (Fsp3) is 0.421. The van der Waals surface area contributed by atoms with Gasteiger partial charge in [-0.05, 0) is 31.0 Å². The Morgan fingerprint density at radius 3 is 2.70 bits per heavy atom. The Morgan fingerprint density at radius 1 is 1.17 bits per heavy atom. The highest BCUT2D eigenvalue weighted by atomic mass is 16.2. The third-order valence-electron chi connectivity index (χ3n) is 4.62. The number of hydrogen-bond acceptors (Lipinski definition) is 1. The smallest absolute Gasteiger partial charge is 0.318 e. The van der Waals surface area contributed by atoms with Gasteiger partial charge in [0.15, 0.2) is 0 Å². The number of carbonyl (C=O) groups excluding carboxylic acids is 1. The average Bonchev–Trinajstić information content (AvgIpc) is 2.96. The molecular weight excluding hydrogens is 286 g/mol. The first-order valence-electron chi connectivity index (χ1n) is 8.45. The van der Waals surface area contributed by atoms with E-state index in [0.29, 0.717) is 6.54 Å². The first-order chi connectivity index (χ1) is 11.2. The van der Waals surface area contributed by atoms with E-state index in [-0.39, 0.29) is 12.1 Å². The van der Waals surface area contributed by atoms with Crippen LogP contribution in [-0.4, -0.2) is 22.0 Å². The second kappa shape index (κ2) is 6.90. The van der Waals surface area contributed by atoms with Gasteiger partial charge < -0.3 is 14.8 Å². The molecule has 2 amide bonds. The van der Waals surface area contributed by atoms with Crippen molar-refractivity contribution in [1.82, 2.24) is 14.8 Å². The minimum atomic E-state index is 0.0393. The van der Waals surface area contributed by atoms with Gasteiger partial charge in [0.2, 0.25) is 0 Å². The third kappa shape index (κ3) is 3.26. The zero-order chi connectivity index (χ0) is 16.2. The molecule has 1 aliphatic heterocycles. The number of urea groups is 1. The monoisotopic (exact) mass is 311 g/mol. The lowest BCUT2D eigenvalue weighted by Crippen LogP contribution is -2.46. The van der Waals surface area contributed by atoms with E-state index in [0.717, 1.165) is 31.5 Å². The van der Waals surface area contributed by atoms with Crippen LogP contribution in [0.1, 0.15) is 42.8 Å². The standard InChI is InChI=1S/C19H25N3O/c1-3-7-17-18-11-10-15(2)21(18)12-13-22(17)19(23)20-14-16-8-5-4-6-9-16/h4-6,8-11,17H,3,7,12-14H2,1-2H3,(H,20,23). The molecule has 23 heavy (non-hydrogen) atoms. The Balaban J connectivity index is 1.72. The highest BCUT2D eigenvalue weighted by molar-refractivity contribution is 5.75. The van der Waals surface area contributed by atoms with E-state index < -0.39 is 0 Å². The van der Waals surface area contributed by atoms with Crippen molar-refractivity contribution in [1.29, 1.82) is 0 Å². The fourth-order valence-electron chi connectivity index (χ4n) is 3.40. The number of carbonyl (C=O) groups is 1. The maximum Gasteiger partial charge on any atom is 0.318 e. The number of amides is 2. The Morgan fingerprint density at radius 2 is 1.96 bits per heavy atom. The van der Waals surface area contributed by atoms with Crippen molar-refractivity contribution in [3.05, 3.63) is 59.4 Å². The topological polar surface area (TPSA) is 37.3 Å². The van der Waals surface area contributed by atoms with Crippen LogP contribution in [0.25, 0.3) is 0 Å². The van der Waals surface area contributed by atoms with Crippen molar-refractivity contribution in [2.75, 3.05) is 6.54 Å². The summed E-state index contributed by atoms with van der Waals surface area (Å²) >= 11 is 0. The molecule has 0 saturated carbocycles. The molecule has 122 valence electrons. The zero-order valence-corrected chi connectivity index (χ0v) is 14.0. The summed E-state index contributed by atoms with van der Waals surface area (Å²) in [5, 5.41) is 3.07. The number of nitrogens with zero attached hydrogens (tertiary/aromatic N) is 2. The summed E-state index contributed by atoms with van der Waals surface area (Å²) < 4.78 is 2.35. The van der Waals surface area contributed by atoms with Crippen molar-refractivity contribution in [2.45, 2.75) is 45.8 Å². The first kappa shape index (κ1) is 15.7. The molecule has 1 aliphatic rings. The molecule has 1 N–H and O–H groups in total. The summed E-state index contributed by atoms with van der Waals surface area (Å²) in [6.07, 6.45) is 2.07. The molecule has 0 spiro atoms. The van der Waals surface area contributed by atoms with Gasteiger partial charge >= 0.3 is 6.03 Å². The van der Waals surface area contributed by atoms with Gasteiger partial charge in [-0.1, -0.05) is 43.7 Å². The normalized spacial score (nSPS) is 17.0. The number of benzene rings is 1. The van der Waals surface area contributed by atoms with E-state index in [1.807, 2.05) is 35.2 Å². The molecule has 3 rings (SSSR count). The van der Waals surface area contributed by atoms with Crippen LogP contribution in [0.4, 0.5) is 4.79 Å². The van der Waals surface area contributed by atoms with E-state index in [1.54, 1.807) is 0 Å². The summed E-state index contributed by atoms with van der Waals surface area (Å²) in [7, 11) is 0. The van der Waals surface area contributed by atoms with E-state index >= 15 is 0 Å². The summed E-state index contributed by atoms with van der Waals surface area (Å²) in [6.45, 7) is 6.54. The van der Waals surface area contributed by atoms with Gasteiger partial charge in [-0.25, -0.2) is 4.79 Å². The van der Waals surface area contributed by atoms with Crippen LogP contribution in [0.3, 0.4) is 0 Å². The second-order valence-electron chi connectivity index (χ2n) is 6.19. The van der Waals surface area contributed by atoms with Crippen LogP contribution in [0.15, 0.2) is 42.5 Å². The molecule has 4 heteroatoms. The average molecular weight is 311 g/mol. The molecule has 4 nitrogen and oxygen atoms in total. The molecule has 0 aliphatic carbocycles.